The van der Waals surface area contributed by atoms with Gasteiger partial charge in [-0.1, -0.05) is 60.4 Å². The van der Waals surface area contributed by atoms with Crippen molar-refractivity contribution in [3.8, 4) is 11.5 Å². The summed E-state index contributed by atoms with van der Waals surface area (Å²) < 4.78 is 16.4. The molecule has 0 radical (unpaired) electrons. The average Bonchev–Trinajstić information content (AvgIpc) is 3.55. The Morgan fingerprint density at radius 2 is 1.70 bits per heavy atom. The van der Waals surface area contributed by atoms with E-state index in [1.807, 2.05) is 31.2 Å². The van der Waals surface area contributed by atoms with Gasteiger partial charge in [-0.05, 0) is 66.9 Å². The fourth-order valence-corrected chi connectivity index (χ4v) is 5.79. The number of aromatic nitrogens is 1. The molecule has 0 bridgehead atoms. The van der Waals surface area contributed by atoms with Gasteiger partial charge in [0.05, 0.1) is 24.4 Å². The molecule has 1 atom stereocenters. The van der Waals surface area contributed by atoms with Crippen LogP contribution in [0.15, 0.2) is 91.0 Å². The molecule has 1 unspecified atom stereocenters. The van der Waals surface area contributed by atoms with Crippen LogP contribution in [0.2, 0.25) is 0 Å². The molecule has 0 saturated carbocycles. The summed E-state index contributed by atoms with van der Waals surface area (Å²) in [5.74, 6) is -1.59. The van der Waals surface area contributed by atoms with Crippen molar-refractivity contribution in [2.75, 3.05) is 18.6 Å². The fraction of sp³-hybridized carbons (Fsp3) is 0.176. The van der Waals surface area contributed by atoms with E-state index >= 15 is 0 Å². The molecule has 1 saturated heterocycles. The first kappa shape index (κ1) is 30.2. The van der Waals surface area contributed by atoms with Gasteiger partial charge in [0.1, 0.15) is 35.3 Å². The van der Waals surface area contributed by atoms with Crippen molar-refractivity contribution in [2.24, 2.45) is 0 Å². The van der Waals surface area contributed by atoms with Crippen LogP contribution in [0.4, 0.5) is 5.13 Å². The van der Waals surface area contributed by atoms with Crippen LogP contribution in [0.1, 0.15) is 43.7 Å². The van der Waals surface area contributed by atoms with E-state index in [2.05, 4.69) is 11.6 Å². The Bertz CT molecular complexity index is 1760. The number of ketones is 1. The number of hydrogen-bond donors (Lipinski definition) is 1. The van der Waals surface area contributed by atoms with Gasteiger partial charge in [0, 0.05) is 5.56 Å². The molecule has 5 rings (SSSR count). The number of Topliss-reactive ketones (excluding diaryl/α,β-unsaturated/α-hetero) is 1. The summed E-state index contributed by atoms with van der Waals surface area (Å²) in [7, 11) is 1.53. The molecular weight excluding hydrogens is 580 g/mol. The second-order valence-corrected chi connectivity index (χ2v) is 11.0. The molecule has 1 N–H and O–H groups in total. The molecule has 1 aliphatic rings. The number of rotatable bonds is 10. The van der Waals surface area contributed by atoms with E-state index in [0.29, 0.717) is 34.9 Å². The average molecular weight is 611 g/mol. The third-order valence-electron chi connectivity index (χ3n) is 7.17. The molecule has 10 heteroatoms. The topological polar surface area (TPSA) is 115 Å². The number of carbonyl (C=O) groups is 3. The number of aliphatic hydroxyl groups excluding tert-OH is 1. The van der Waals surface area contributed by atoms with Gasteiger partial charge in [-0.2, -0.15) is 0 Å². The zero-order valence-electron chi connectivity index (χ0n) is 24.4. The summed E-state index contributed by atoms with van der Waals surface area (Å²) in [5.41, 5.74) is 3.25. The van der Waals surface area contributed by atoms with E-state index in [1.54, 1.807) is 55.5 Å². The zero-order valence-corrected chi connectivity index (χ0v) is 25.2. The van der Waals surface area contributed by atoms with Crippen molar-refractivity contribution < 1.29 is 33.7 Å². The number of aliphatic hydroxyl groups is 1. The number of aryl methyl sites for hydroxylation is 2. The van der Waals surface area contributed by atoms with Gasteiger partial charge in [-0.25, -0.2) is 9.78 Å². The fourth-order valence-electron chi connectivity index (χ4n) is 4.80. The van der Waals surface area contributed by atoms with Crippen molar-refractivity contribution in [3.05, 3.63) is 124 Å². The Morgan fingerprint density at radius 3 is 2.36 bits per heavy atom. The summed E-state index contributed by atoms with van der Waals surface area (Å²) in [6.45, 7) is 7.56. The lowest BCUT2D eigenvalue weighted by Gasteiger charge is -2.23. The number of thiazole rings is 1. The van der Waals surface area contributed by atoms with E-state index in [9.17, 15) is 19.5 Å². The predicted octanol–water partition coefficient (Wildman–Crippen LogP) is 6.32. The highest BCUT2D eigenvalue weighted by Gasteiger charge is 2.48. The smallest absolute Gasteiger partial charge is 0.350 e. The van der Waals surface area contributed by atoms with Crippen molar-refractivity contribution in [3.63, 3.8) is 0 Å². The van der Waals surface area contributed by atoms with Gasteiger partial charge >= 0.3 is 11.9 Å². The lowest BCUT2D eigenvalue weighted by Crippen LogP contribution is -2.29. The van der Waals surface area contributed by atoms with E-state index in [4.69, 9.17) is 14.2 Å². The van der Waals surface area contributed by atoms with E-state index in [0.717, 1.165) is 22.5 Å². The Balaban J connectivity index is 1.52. The minimum atomic E-state index is -1.03. The molecule has 3 aromatic carbocycles. The minimum Gasteiger partial charge on any atom is -0.507 e. The number of carbonyl (C=O) groups excluding carboxylic acids is 3. The summed E-state index contributed by atoms with van der Waals surface area (Å²) in [4.78, 5) is 45.5. The van der Waals surface area contributed by atoms with Gasteiger partial charge in [0.25, 0.3) is 5.78 Å². The lowest BCUT2D eigenvalue weighted by molar-refractivity contribution is -0.132. The van der Waals surface area contributed by atoms with Crippen LogP contribution >= 0.6 is 11.3 Å². The van der Waals surface area contributed by atoms with Crippen molar-refractivity contribution in [1.29, 1.82) is 0 Å². The Hall–Kier alpha value is -5.22. The number of ether oxygens (including phenoxy) is 3. The van der Waals surface area contributed by atoms with E-state index in [-0.39, 0.29) is 27.9 Å². The number of amides is 1. The Morgan fingerprint density at radius 1 is 1.02 bits per heavy atom. The van der Waals surface area contributed by atoms with Crippen LogP contribution in [0.25, 0.3) is 5.76 Å². The number of methoxy groups -OCH3 is 1. The monoisotopic (exact) mass is 610 g/mol. The molecule has 4 aromatic rings. The third-order valence-corrected chi connectivity index (χ3v) is 8.31. The second kappa shape index (κ2) is 13.0. The Labute approximate surface area is 258 Å². The largest absolute Gasteiger partial charge is 0.507 e. The van der Waals surface area contributed by atoms with Crippen molar-refractivity contribution in [1.82, 2.24) is 4.98 Å². The number of hydrogen-bond acceptors (Lipinski definition) is 9. The van der Waals surface area contributed by atoms with E-state index in [1.165, 1.54) is 18.1 Å². The summed E-state index contributed by atoms with van der Waals surface area (Å²) >= 11 is 0.931. The van der Waals surface area contributed by atoms with Crippen LogP contribution in [-0.2, 0) is 20.9 Å². The van der Waals surface area contributed by atoms with Crippen LogP contribution < -0.4 is 14.4 Å². The summed E-state index contributed by atoms with van der Waals surface area (Å²) in [6, 6.07) is 20.3. The van der Waals surface area contributed by atoms with Crippen LogP contribution in [0.5, 0.6) is 11.5 Å². The number of esters is 1. The highest BCUT2D eigenvalue weighted by atomic mass is 32.1. The molecule has 2 heterocycles. The molecule has 44 heavy (non-hydrogen) atoms. The molecule has 1 aromatic heterocycles. The third kappa shape index (κ3) is 5.97. The van der Waals surface area contributed by atoms with Gasteiger partial charge in [0.15, 0.2) is 5.13 Å². The molecule has 1 fully saturated rings. The first-order valence-corrected chi connectivity index (χ1v) is 14.5. The first-order valence-electron chi connectivity index (χ1n) is 13.7. The van der Waals surface area contributed by atoms with Gasteiger partial charge in [0.2, 0.25) is 0 Å². The molecule has 0 spiro atoms. The Kier molecular flexibility index (Phi) is 8.91. The van der Waals surface area contributed by atoms with Gasteiger partial charge in [-0.15, -0.1) is 0 Å². The van der Waals surface area contributed by atoms with Crippen molar-refractivity contribution in [2.45, 2.75) is 26.5 Å². The number of anilines is 1. The quantitative estimate of drug-likeness (QED) is 0.0730. The maximum absolute atomic E-state index is 13.6. The predicted molar refractivity (Wildman–Crippen MR) is 167 cm³/mol. The molecule has 9 nitrogen and oxygen atoms in total. The van der Waals surface area contributed by atoms with Gasteiger partial charge < -0.3 is 19.3 Å². The highest BCUT2D eigenvalue weighted by molar-refractivity contribution is 7.17. The van der Waals surface area contributed by atoms with Crippen LogP contribution in [0.3, 0.4) is 0 Å². The molecular formula is C34H30N2O7S. The van der Waals surface area contributed by atoms with Gasteiger partial charge in [-0.3, -0.25) is 14.5 Å². The van der Waals surface area contributed by atoms with Crippen LogP contribution in [0, 0.1) is 13.8 Å². The molecule has 1 aliphatic heterocycles. The normalized spacial score (nSPS) is 15.7. The van der Waals surface area contributed by atoms with E-state index < -0.39 is 23.7 Å². The maximum Gasteiger partial charge on any atom is 0.350 e. The summed E-state index contributed by atoms with van der Waals surface area (Å²) in [5, 5.41) is 11.6. The summed E-state index contributed by atoms with van der Waals surface area (Å²) in [6.07, 6.45) is 1.44. The highest BCUT2D eigenvalue weighted by Crippen LogP contribution is 2.44. The zero-order chi connectivity index (χ0) is 31.4. The first-order chi connectivity index (χ1) is 21.2. The maximum atomic E-state index is 13.6. The minimum absolute atomic E-state index is 0.0115. The molecule has 224 valence electrons. The van der Waals surface area contributed by atoms with Crippen molar-refractivity contribution >= 4 is 39.9 Å². The van der Waals surface area contributed by atoms with Crippen LogP contribution in [-0.4, -0.2) is 41.5 Å². The second-order valence-electron chi connectivity index (χ2n) is 9.98. The SMILES string of the molecule is C=CCOC(=O)c1sc(N2C(=O)C(=O)/C(=C(/O)c3ccc(OCc4ccccc4C)cc3)C2c2ccc(OC)cc2)nc1C. The number of nitrogens with zero attached hydrogens (tertiary/aromatic N) is 2. The molecule has 1 amide bonds. The standard InChI is InChI=1S/C34H30N2O7S/c1-5-18-42-33(40)31-21(3)35-34(44-31)36-28(22-10-14-25(41-4)15-11-22)27(30(38)32(36)39)29(37)23-12-16-26(17-13-23)43-19-24-9-7-6-8-20(24)2/h5-17,28,37H,1,18-19H2,2-4H3/b29-27+. The number of benzene rings is 3. The molecule has 0 aliphatic carbocycles. The lowest BCUT2D eigenvalue weighted by atomic mass is 9.95.